The third-order valence-electron chi connectivity index (χ3n) is 4.27. The van der Waals surface area contributed by atoms with Crippen molar-refractivity contribution in [1.29, 1.82) is 0 Å². The van der Waals surface area contributed by atoms with Crippen LogP contribution in [0.2, 0.25) is 0 Å². The molecule has 21 heavy (non-hydrogen) atoms. The molecule has 1 aromatic heterocycles. The summed E-state index contributed by atoms with van der Waals surface area (Å²) in [5.41, 5.74) is 6.02. The highest BCUT2D eigenvalue weighted by molar-refractivity contribution is 5.95. The summed E-state index contributed by atoms with van der Waals surface area (Å²) in [4.78, 5) is 25.9. The first-order chi connectivity index (χ1) is 10.2. The van der Waals surface area contributed by atoms with Gasteiger partial charge in [0.2, 0.25) is 5.91 Å². The standard InChI is InChI=1S/C15H22N4O2/c16-14(20)10-19(12-5-7-17-8-6-12)15(21)13-2-1-9-18(13)11-3-4-11/h1-2,9,11-12,17H,3-8,10H2,(H2,16,20). The maximum Gasteiger partial charge on any atom is 0.271 e. The first-order valence-corrected chi connectivity index (χ1v) is 7.63. The maximum absolute atomic E-state index is 12.9. The van der Waals surface area contributed by atoms with Gasteiger partial charge in [-0.2, -0.15) is 0 Å². The molecule has 0 unspecified atom stereocenters. The van der Waals surface area contributed by atoms with Gasteiger partial charge in [0, 0.05) is 18.3 Å². The third kappa shape index (κ3) is 3.10. The lowest BCUT2D eigenvalue weighted by molar-refractivity contribution is -0.119. The van der Waals surface area contributed by atoms with Crippen molar-refractivity contribution in [2.45, 2.75) is 37.8 Å². The number of primary amides is 1. The largest absolute Gasteiger partial charge is 0.368 e. The van der Waals surface area contributed by atoms with E-state index in [-0.39, 0.29) is 18.5 Å². The number of hydrogen-bond acceptors (Lipinski definition) is 3. The zero-order chi connectivity index (χ0) is 14.8. The molecule has 0 bridgehead atoms. The Bertz CT molecular complexity index is 530. The minimum absolute atomic E-state index is 0.000648. The maximum atomic E-state index is 12.9. The van der Waals surface area contributed by atoms with Crippen LogP contribution < -0.4 is 11.1 Å². The highest BCUT2D eigenvalue weighted by atomic mass is 16.2. The molecule has 0 atom stereocenters. The number of nitrogens with one attached hydrogen (secondary N) is 1. The Kier molecular flexibility index (Phi) is 3.96. The van der Waals surface area contributed by atoms with Crippen LogP contribution in [-0.4, -0.2) is 47.0 Å². The number of rotatable bonds is 5. The third-order valence-corrected chi connectivity index (χ3v) is 4.27. The van der Waals surface area contributed by atoms with E-state index in [0.717, 1.165) is 38.8 Å². The van der Waals surface area contributed by atoms with Crippen LogP contribution in [0.5, 0.6) is 0 Å². The summed E-state index contributed by atoms with van der Waals surface area (Å²) in [7, 11) is 0. The van der Waals surface area contributed by atoms with Crippen molar-refractivity contribution in [3.63, 3.8) is 0 Å². The Morgan fingerprint density at radius 3 is 2.62 bits per heavy atom. The van der Waals surface area contributed by atoms with E-state index in [1.54, 1.807) is 4.90 Å². The molecule has 1 saturated carbocycles. The quantitative estimate of drug-likeness (QED) is 0.829. The van der Waals surface area contributed by atoms with Gasteiger partial charge in [-0.3, -0.25) is 9.59 Å². The Hall–Kier alpha value is -1.82. The topological polar surface area (TPSA) is 80.4 Å². The SMILES string of the molecule is NC(=O)CN(C(=O)c1cccn1C1CC1)C1CCNCC1. The van der Waals surface area contributed by atoms with E-state index < -0.39 is 5.91 Å². The van der Waals surface area contributed by atoms with Crippen LogP contribution in [-0.2, 0) is 4.79 Å². The average molecular weight is 290 g/mol. The van der Waals surface area contributed by atoms with Crippen LogP contribution in [0.1, 0.15) is 42.2 Å². The van der Waals surface area contributed by atoms with Crippen molar-refractivity contribution < 1.29 is 9.59 Å². The van der Waals surface area contributed by atoms with Crippen molar-refractivity contribution in [1.82, 2.24) is 14.8 Å². The first kappa shape index (κ1) is 14.1. The molecule has 0 radical (unpaired) electrons. The minimum atomic E-state index is -0.452. The number of carbonyl (C=O) groups is 2. The van der Waals surface area contributed by atoms with Crippen LogP contribution in [0.25, 0.3) is 0 Å². The highest BCUT2D eigenvalue weighted by Crippen LogP contribution is 2.36. The van der Waals surface area contributed by atoms with Gasteiger partial charge in [0.25, 0.3) is 5.91 Å². The van der Waals surface area contributed by atoms with Crippen LogP contribution >= 0.6 is 0 Å². The van der Waals surface area contributed by atoms with Gasteiger partial charge < -0.3 is 20.5 Å². The van der Waals surface area contributed by atoms with Crippen molar-refractivity contribution in [2.75, 3.05) is 19.6 Å². The molecule has 1 aliphatic carbocycles. The molecular weight excluding hydrogens is 268 g/mol. The second-order valence-corrected chi connectivity index (χ2v) is 5.91. The second kappa shape index (κ2) is 5.89. The fourth-order valence-electron chi connectivity index (χ4n) is 3.05. The molecule has 3 rings (SSSR count). The van der Waals surface area contributed by atoms with Crippen molar-refractivity contribution in [3.05, 3.63) is 24.0 Å². The van der Waals surface area contributed by atoms with Gasteiger partial charge in [0.05, 0.1) is 6.54 Å². The van der Waals surface area contributed by atoms with E-state index in [0.29, 0.717) is 11.7 Å². The molecule has 6 heteroatoms. The molecule has 2 aliphatic rings. The smallest absolute Gasteiger partial charge is 0.271 e. The molecule has 2 heterocycles. The Morgan fingerprint density at radius 2 is 2.00 bits per heavy atom. The molecule has 1 saturated heterocycles. The molecule has 1 aliphatic heterocycles. The minimum Gasteiger partial charge on any atom is -0.368 e. The van der Waals surface area contributed by atoms with Crippen molar-refractivity contribution in [3.8, 4) is 0 Å². The zero-order valence-corrected chi connectivity index (χ0v) is 12.1. The van der Waals surface area contributed by atoms with Crippen molar-refractivity contribution >= 4 is 11.8 Å². The van der Waals surface area contributed by atoms with Crippen LogP contribution in [0, 0.1) is 0 Å². The van der Waals surface area contributed by atoms with Crippen molar-refractivity contribution in [2.24, 2.45) is 5.73 Å². The molecule has 6 nitrogen and oxygen atoms in total. The molecular formula is C15H22N4O2. The number of carbonyl (C=O) groups excluding carboxylic acids is 2. The monoisotopic (exact) mass is 290 g/mol. The van der Waals surface area contributed by atoms with Crippen LogP contribution in [0.4, 0.5) is 0 Å². The summed E-state index contributed by atoms with van der Waals surface area (Å²) >= 11 is 0. The lowest BCUT2D eigenvalue weighted by atomic mass is 10.0. The number of aromatic nitrogens is 1. The Morgan fingerprint density at radius 1 is 1.29 bits per heavy atom. The van der Waals surface area contributed by atoms with E-state index in [1.807, 2.05) is 22.9 Å². The summed E-state index contributed by atoms with van der Waals surface area (Å²) < 4.78 is 2.04. The number of nitrogens with two attached hydrogens (primary N) is 1. The van der Waals surface area contributed by atoms with Gasteiger partial charge in [-0.25, -0.2) is 0 Å². The fourth-order valence-corrected chi connectivity index (χ4v) is 3.05. The number of nitrogens with zero attached hydrogens (tertiary/aromatic N) is 2. The molecule has 2 amide bonds. The molecule has 1 aromatic rings. The molecule has 3 N–H and O–H groups in total. The van der Waals surface area contributed by atoms with E-state index in [1.165, 1.54) is 0 Å². The number of amides is 2. The second-order valence-electron chi connectivity index (χ2n) is 5.91. The summed E-state index contributed by atoms with van der Waals surface area (Å²) in [6, 6.07) is 4.28. The zero-order valence-electron chi connectivity index (χ0n) is 12.1. The average Bonchev–Trinajstić information content (AvgIpc) is 3.22. The van der Waals surface area contributed by atoms with Gasteiger partial charge in [-0.05, 0) is 50.9 Å². The molecule has 2 fully saturated rings. The lowest BCUT2D eigenvalue weighted by Gasteiger charge is -2.34. The van der Waals surface area contributed by atoms with Gasteiger partial charge >= 0.3 is 0 Å². The normalized spacial score (nSPS) is 19.4. The molecule has 0 aromatic carbocycles. The molecule has 114 valence electrons. The highest BCUT2D eigenvalue weighted by Gasteiger charge is 2.32. The predicted octanol–water partition coefficient (Wildman–Crippen LogP) is 0.502. The summed E-state index contributed by atoms with van der Waals surface area (Å²) in [6.07, 6.45) is 5.93. The number of hydrogen-bond donors (Lipinski definition) is 2. The van der Waals surface area contributed by atoms with Crippen LogP contribution in [0.15, 0.2) is 18.3 Å². The van der Waals surface area contributed by atoms with E-state index in [9.17, 15) is 9.59 Å². The summed E-state index contributed by atoms with van der Waals surface area (Å²) in [6.45, 7) is 1.74. The Labute approximate surface area is 124 Å². The van der Waals surface area contributed by atoms with Gasteiger partial charge in [0.15, 0.2) is 0 Å². The van der Waals surface area contributed by atoms with E-state index >= 15 is 0 Å². The summed E-state index contributed by atoms with van der Waals surface area (Å²) in [5, 5.41) is 3.28. The van der Waals surface area contributed by atoms with Crippen LogP contribution in [0.3, 0.4) is 0 Å². The summed E-state index contributed by atoms with van der Waals surface area (Å²) in [5.74, 6) is -0.524. The number of piperidine rings is 1. The Balaban J connectivity index is 1.82. The molecule has 0 spiro atoms. The predicted molar refractivity (Wildman–Crippen MR) is 78.8 cm³/mol. The van der Waals surface area contributed by atoms with Gasteiger partial charge in [-0.1, -0.05) is 0 Å². The van der Waals surface area contributed by atoms with E-state index in [2.05, 4.69) is 5.32 Å². The van der Waals surface area contributed by atoms with E-state index in [4.69, 9.17) is 5.73 Å². The van der Waals surface area contributed by atoms with Gasteiger partial charge in [0.1, 0.15) is 5.69 Å². The lowest BCUT2D eigenvalue weighted by Crippen LogP contribution is -2.49. The van der Waals surface area contributed by atoms with Gasteiger partial charge in [-0.15, -0.1) is 0 Å². The fraction of sp³-hybridized carbons (Fsp3) is 0.600. The first-order valence-electron chi connectivity index (χ1n) is 7.63.